The fraction of sp³-hybridized carbons (Fsp3) is 0.583. The minimum Gasteiger partial charge on any atom is -0.303 e. The van der Waals surface area contributed by atoms with Gasteiger partial charge in [-0.15, -0.1) is 11.3 Å². The van der Waals surface area contributed by atoms with Crippen LogP contribution in [0.2, 0.25) is 0 Å². The third-order valence-corrected chi connectivity index (χ3v) is 6.19. The second-order valence-corrected chi connectivity index (χ2v) is 8.81. The van der Waals surface area contributed by atoms with Crippen LogP contribution in [0.4, 0.5) is 0 Å². The summed E-state index contributed by atoms with van der Waals surface area (Å²) in [4.78, 5) is 11.8. The van der Waals surface area contributed by atoms with Crippen LogP contribution < -0.4 is 0 Å². The van der Waals surface area contributed by atoms with Crippen molar-refractivity contribution in [1.29, 1.82) is 0 Å². The Balaban J connectivity index is 3.17. The van der Waals surface area contributed by atoms with Gasteiger partial charge in [0, 0.05) is 10.8 Å². The Bertz CT molecular complexity index is 492. The average molecular weight is 274 g/mol. The van der Waals surface area contributed by atoms with E-state index >= 15 is 0 Å². The highest BCUT2D eigenvalue weighted by Gasteiger charge is 2.33. The van der Waals surface area contributed by atoms with Crippen LogP contribution in [0.25, 0.3) is 0 Å². The lowest BCUT2D eigenvalue weighted by Gasteiger charge is -2.19. The monoisotopic (exact) mass is 274 g/mol. The molecule has 1 aromatic rings. The molecule has 1 unspecified atom stereocenters. The van der Waals surface area contributed by atoms with E-state index in [2.05, 4.69) is 0 Å². The van der Waals surface area contributed by atoms with E-state index in [1.54, 1.807) is 39.1 Å². The second-order valence-electron chi connectivity index (χ2n) is 5.14. The smallest absolute Gasteiger partial charge is 0.184 e. The van der Waals surface area contributed by atoms with Crippen molar-refractivity contribution in [2.24, 2.45) is 5.92 Å². The van der Waals surface area contributed by atoms with Crippen LogP contribution in [0.3, 0.4) is 0 Å². The molecule has 5 heteroatoms. The molecule has 1 atom stereocenters. The van der Waals surface area contributed by atoms with E-state index in [9.17, 15) is 13.2 Å². The van der Waals surface area contributed by atoms with Gasteiger partial charge < -0.3 is 4.79 Å². The molecular formula is C12H18O3S2. The summed E-state index contributed by atoms with van der Waals surface area (Å²) in [5, 5.41) is 1.77. The normalized spacial score (nSPS) is 14.6. The second kappa shape index (κ2) is 4.90. The maximum Gasteiger partial charge on any atom is 0.184 e. The minimum absolute atomic E-state index is 0.150. The van der Waals surface area contributed by atoms with Crippen LogP contribution in [0.15, 0.2) is 16.3 Å². The molecular weight excluding hydrogens is 256 g/mol. The molecule has 0 aliphatic carbocycles. The molecule has 1 rings (SSSR count). The third-order valence-electron chi connectivity index (χ3n) is 2.54. The molecule has 1 heterocycles. The number of thiophene rings is 1. The zero-order valence-electron chi connectivity index (χ0n) is 10.6. The van der Waals surface area contributed by atoms with E-state index < -0.39 is 14.6 Å². The predicted octanol–water partition coefficient (Wildman–Crippen LogP) is 2.70. The van der Waals surface area contributed by atoms with Gasteiger partial charge in [0.15, 0.2) is 9.84 Å². The summed E-state index contributed by atoms with van der Waals surface area (Å²) in [5.41, 5.74) is 0. The Kier molecular flexibility index (Phi) is 4.15. The van der Waals surface area contributed by atoms with Gasteiger partial charge in [0.2, 0.25) is 0 Å². The number of aldehydes is 1. The van der Waals surface area contributed by atoms with Crippen LogP contribution in [-0.2, 0) is 21.1 Å². The predicted molar refractivity (Wildman–Crippen MR) is 70.2 cm³/mol. The van der Waals surface area contributed by atoms with Crippen molar-refractivity contribution < 1.29 is 13.2 Å². The first kappa shape index (κ1) is 14.4. The van der Waals surface area contributed by atoms with E-state index in [1.807, 2.05) is 0 Å². The standard InChI is InChI=1S/C12H18O3S2/c1-9(8-13)7-10-11(5-6-16-10)17(14,15)12(2,3)4/h5-6,8-9H,7H2,1-4H3. The summed E-state index contributed by atoms with van der Waals surface area (Å²) in [5.74, 6) is -0.150. The first-order valence-electron chi connectivity index (χ1n) is 5.46. The van der Waals surface area contributed by atoms with Gasteiger partial charge in [0.25, 0.3) is 0 Å². The summed E-state index contributed by atoms with van der Waals surface area (Å²) in [6.07, 6.45) is 1.35. The van der Waals surface area contributed by atoms with Crippen molar-refractivity contribution >= 4 is 27.5 Å². The van der Waals surface area contributed by atoms with Gasteiger partial charge in [-0.05, 0) is 38.6 Å². The van der Waals surface area contributed by atoms with Gasteiger partial charge in [-0.2, -0.15) is 0 Å². The molecule has 0 aliphatic rings. The fourth-order valence-corrected chi connectivity index (χ4v) is 4.15. The van der Waals surface area contributed by atoms with E-state index in [4.69, 9.17) is 0 Å². The van der Waals surface area contributed by atoms with Crippen molar-refractivity contribution in [3.05, 3.63) is 16.3 Å². The summed E-state index contributed by atoms with van der Waals surface area (Å²) < 4.78 is 23.8. The van der Waals surface area contributed by atoms with Gasteiger partial charge in [-0.25, -0.2) is 8.42 Å². The SMILES string of the molecule is CC(C=O)Cc1sccc1S(=O)(=O)C(C)(C)C. The number of carbonyl (C=O) groups is 1. The van der Waals surface area contributed by atoms with Gasteiger partial charge in [0.05, 0.1) is 9.64 Å². The van der Waals surface area contributed by atoms with E-state index in [1.165, 1.54) is 11.3 Å². The molecule has 0 radical (unpaired) electrons. The molecule has 0 fully saturated rings. The number of carbonyl (C=O) groups excluding carboxylic acids is 1. The lowest BCUT2D eigenvalue weighted by atomic mass is 10.1. The third kappa shape index (κ3) is 2.96. The van der Waals surface area contributed by atoms with Crippen LogP contribution in [0.5, 0.6) is 0 Å². The van der Waals surface area contributed by atoms with E-state index in [-0.39, 0.29) is 5.92 Å². The quantitative estimate of drug-likeness (QED) is 0.793. The molecule has 0 spiro atoms. The van der Waals surface area contributed by atoms with Crippen molar-refractivity contribution in [2.45, 2.75) is 43.8 Å². The molecule has 0 amide bonds. The molecule has 17 heavy (non-hydrogen) atoms. The molecule has 0 saturated heterocycles. The van der Waals surface area contributed by atoms with Crippen molar-refractivity contribution in [1.82, 2.24) is 0 Å². The zero-order chi connectivity index (χ0) is 13.3. The number of hydrogen-bond donors (Lipinski definition) is 0. The zero-order valence-corrected chi connectivity index (χ0v) is 12.2. The summed E-state index contributed by atoms with van der Waals surface area (Å²) in [7, 11) is -3.32. The molecule has 0 N–H and O–H groups in total. The fourth-order valence-electron chi connectivity index (χ4n) is 1.39. The Labute approximate surface area is 107 Å². The summed E-state index contributed by atoms with van der Waals surface area (Å²) >= 11 is 1.40. The number of sulfone groups is 1. The molecule has 0 aliphatic heterocycles. The highest BCUT2D eigenvalue weighted by atomic mass is 32.2. The van der Waals surface area contributed by atoms with Crippen LogP contribution in [0, 0.1) is 5.92 Å². The Hall–Kier alpha value is -0.680. The Morgan fingerprint density at radius 3 is 2.47 bits per heavy atom. The van der Waals surface area contributed by atoms with Gasteiger partial charge in [0.1, 0.15) is 6.29 Å². The minimum atomic E-state index is -3.32. The summed E-state index contributed by atoms with van der Waals surface area (Å²) in [6.45, 7) is 6.85. The molecule has 96 valence electrons. The maximum atomic E-state index is 12.3. The number of hydrogen-bond acceptors (Lipinski definition) is 4. The average Bonchev–Trinajstić information content (AvgIpc) is 2.64. The molecule has 0 saturated carbocycles. The largest absolute Gasteiger partial charge is 0.303 e. The van der Waals surface area contributed by atoms with Crippen LogP contribution >= 0.6 is 11.3 Å². The molecule has 1 aromatic heterocycles. The molecule has 0 bridgehead atoms. The van der Waals surface area contributed by atoms with Crippen molar-refractivity contribution in [2.75, 3.05) is 0 Å². The van der Waals surface area contributed by atoms with Crippen molar-refractivity contribution in [3.63, 3.8) is 0 Å². The van der Waals surface area contributed by atoms with Gasteiger partial charge >= 0.3 is 0 Å². The Morgan fingerprint density at radius 1 is 1.41 bits per heavy atom. The van der Waals surface area contributed by atoms with E-state index in [0.717, 1.165) is 11.2 Å². The van der Waals surface area contributed by atoms with Crippen LogP contribution in [0.1, 0.15) is 32.6 Å². The van der Waals surface area contributed by atoms with Crippen LogP contribution in [-0.4, -0.2) is 19.5 Å². The molecule has 0 aromatic carbocycles. The lowest BCUT2D eigenvalue weighted by Crippen LogP contribution is -2.28. The first-order chi connectivity index (χ1) is 7.70. The lowest BCUT2D eigenvalue weighted by molar-refractivity contribution is -0.110. The van der Waals surface area contributed by atoms with Crippen molar-refractivity contribution in [3.8, 4) is 0 Å². The van der Waals surface area contributed by atoms with E-state index in [0.29, 0.717) is 11.3 Å². The number of rotatable bonds is 4. The molecule has 3 nitrogen and oxygen atoms in total. The van der Waals surface area contributed by atoms with Gasteiger partial charge in [-0.3, -0.25) is 0 Å². The highest BCUT2D eigenvalue weighted by Crippen LogP contribution is 2.31. The first-order valence-corrected chi connectivity index (χ1v) is 7.82. The maximum absolute atomic E-state index is 12.3. The Morgan fingerprint density at radius 2 is 2.00 bits per heavy atom. The van der Waals surface area contributed by atoms with Gasteiger partial charge in [-0.1, -0.05) is 6.92 Å². The highest BCUT2D eigenvalue weighted by molar-refractivity contribution is 7.93. The summed E-state index contributed by atoms with van der Waals surface area (Å²) in [6, 6.07) is 1.64. The topological polar surface area (TPSA) is 51.2 Å².